The lowest BCUT2D eigenvalue weighted by atomic mass is 10.1. The van der Waals surface area contributed by atoms with Gasteiger partial charge in [0.2, 0.25) is 5.91 Å². The monoisotopic (exact) mass is 368 g/mol. The van der Waals surface area contributed by atoms with Gasteiger partial charge in [0.05, 0.1) is 13.7 Å². The minimum Gasteiger partial charge on any atom is -0.496 e. The Morgan fingerprint density at radius 1 is 1.07 bits per heavy atom. The second kappa shape index (κ2) is 10.9. The third-order valence-corrected chi connectivity index (χ3v) is 4.11. The largest absolute Gasteiger partial charge is 0.496 e. The summed E-state index contributed by atoms with van der Waals surface area (Å²) in [6, 6.07) is 16.1. The Bertz CT molecular complexity index is 760. The van der Waals surface area contributed by atoms with Crippen molar-refractivity contribution >= 4 is 11.9 Å². The Labute approximate surface area is 161 Å². The molecule has 0 saturated heterocycles. The predicted molar refractivity (Wildman–Crippen MR) is 109 cm³/mol. The molecule has 0 atom stereocenters. The van der Waals surface area contributed by atoms with Crippen molar-refractivity contribution in [3.63, 3.8) is 0 Å². The van der Waals surface area contributed by atoms with E-state index in [1.54, 1.807) is 14.2 Å². The number of benzene rings is 2. The van der Waals surface area contributed by atoms with Crippen molar-refractivity contribution in [2.24, 2.45) is 4.99 Å². The van der Waals surface area contributed by atoms with Crippen molar-refractivity contribution in [2.75, 3.05) is 27.2 Å². The van der Waals surface area contributed by atoms with Crippen LogP contribution in [0.15, 0.2) is 53.5 Å². The third kappa shape index (κ3) is 7.01. The van der Waals surface area contributed by atoms with Crippen LogP contribution in [0.25, 0.3) is 0 Å². The van der Waals surface area contributed by atoms with Crippen molar-refractivity contribution in [3.8, 4) is 5.75 Å². The van der Waals surface area contributed by atoms with Crippen LogP contribution in [-0.2, 0) is 17.8 Å². The van der Waals surface area contributed by atoms with E-state index in [9.17, 15) is 4.79 Å². The number of rotatable bonds is 8. The summed E-state index contributed by atoms with van der Waals surface area (Å²) >= 11 is 0. The molecule has 6 nitrogen and oxygen atoms in total. The van der Waals surface area contributed by atoms with Gasteiger partial charge in [-0.3, -0.25) is 9.79 Å². The molecule has 27 heavy (non-hydrogen) atoms. The van der Waals surface area contributed by atoms with Crippen LogP contribution in [0.1, 0.15) is 16.7 Å². The summed E-state index contributed by atoms with van der Waals surface area (Å²) in [6.45, 7) is 3.35. The molecule has 0 unspecified atom stereocenters. The number of carbonyl (C=O) groups is 1. The molecule has 0 fully saturated rings. The number of amides is 1. The minimum atomic E-state index is -0.0678. The van der Waals surface area contributed by atoms with Crippen molar-refractivity contribution in [2.45, 2.75) is 19.9 Å². The highest BCUT2D eigenvalue weighted by atomic mass is 16.5. The van der Waals surface area contributed by atoms with Gasteiger partial charge >= 0.3 is 0 Å². The second-order valence-corrected chi connectivity index (χ2v) is 6.18. The predicted octanol–water partition coefficient (Wildman–Crippen LogP) is 2.03. The zero-order valence-corrected chi connectivity index (χ0v) is 16.2. The summed E-state index contributed by atoms with van der Waals surface area (Å²) in [5, 5.41) is 9.12. The van der Waals surface area contributed by atoms with Gasteiger partial charge in [0.15, 0.2) is 5.96 Å². The van der Waals surface area contributed by atoms with E-state index in [1.165, 1.54) is 5.56 Å². The molecule has 0 radical (unpaired) electrons. The molecule has 0 aliphatic rings. The van der Waals surface area contributed by atoms with Crippen molar-refractivity contribution in [1.29, 1.82) is 0 Å². The van der Waals surface area contributed by atoms with Gasteiger partial charge in [-0.2, -0.15) is 0 Å². The van der Waals surface area contributed by atoms with Crippen LogP contribution >= 0.6 is 0 Å². The highest BCUT2D eigenvalue weighted by Crippen LogP contribution is 2.19. The molecule has 0 aromatic heterocycles. The van der Waals surface area contributed by atoms with Crippen LogP contribution in [0, 0.1) is 6.92 Å². The Kier molecular flexibility index (Phi) is 8.16. The lowest BCUT2D eigenvalue weighted by Crippen LogP contribution is -2.43. The quantitative estimate of drug-likeness (QED) is 0.492. The molecule has 1 amide bonds. The van der Waals surface area contributed by atoms with E-state index in [4.69, 9.17) is 4.74 Å². The van der Waals surface area contributed by atoms with E-state index in [0.717, 1.165) is 23.3 Å². The minimum absolute atomic E-state index is 0.0678. The first-order valence-electron chi connectivity index (χ1n) is 9.01. The van der Waals surface area contributed by atoms with E-state index in [-0.39, 0.29) is 12.5 Å². The van der Waals surface area contributed by atoms with Gasteiger partial charge in [-0.15, -0.1) is 0 Å². The molecule has 0 saturated carbocycles. The molecule has 0 bridgehead atoms. The zero-order valence-electron chi connectivity index (χ0n) is 16.2. The van der Waals surface area contributed by atoms with Crippen LogP contribution in [0.5, 0.6) is 5.75 Å². The van der Waals surface area contributed by atoms with E-state index in [1.807, 2.05) is 43.3 Å². The number of aliphatic imine (C=N–C) groups is 1. The summed E-state index contributed by atoms with van der Waals surface area (Å²) in [5.41, 5.74) is 3.37. The van der Waals surface area contributed by atoms with Crippen molar-refractivity contribution < 1.29 is 9.53 Å². The highest BCUT2D eigenvalue weighted by Gasteiger charge is 2.06. The summed E-state index contributed by atoms with van der Waals surface area (Å²) in [6.07, 6.45) is 0.812. The molecule has 0 spiro atoms. The maximum atomic E-state index is 12.0. The molecule has 0 aliphatic carbocycles. The Morgan fingerprint density at radius 3 is 2.56 bits per heavy atom. The molecule has 2 rings (SSSR count). The summed E-state index contributed by atoms with van der Waals surface area (Å²) < 4.78 is 5.41. The van der Waals surface area contributed by atoms with Gasteiger partial charge in [-0.1, -0.05) is 42.5 Å². The average molecular weight is 368 g/mol. The maximum Gasteiger partial charge on any atom is 0.239 e. The summed E-state index contributed by atoms with van der Waals surface area (Å²) in [7, 11) is 3.33. The van der Waals surface area contributed by atoms with Crippen LogP contribution < -0.4 is 20.7 Å². The summed E-state index contributed by atoms with van der Waals surface area (Å²) in [5.74, 6) is 1.33. The van der Waals surface area contributed by atoms with Crippen molar-refractivity contribution in [1.82, 2.24) is 16.0 Å². The summed E-state index contributed by atoms with van der Waals surface area (Å²) in [4.78, 5) is 16.1. The fourth-order valence-electron chi connectivity index (χ4n) is 2.61. The first-order valence-corrected chi connectivity index (χ1v) is 9.01. The number of hydrogen-bond donors (Lipinski definition) is 3. The van der Waals surface area contributed by atoms with Gasteiger partial charge in [-0.05, 0) is 30.5 Å². The number of aryl methyl sites for hydroxylation is 1. The number of methoxy groups -OCH3 is 1. The number of hydrogen-bond acceptors (Lipinski definition) is 3. The molecular weight excluding hydrogens is 340 g/mol. The Balaban J connectivity index is 1.72. The topological polar surface area (TPSA) is 74.8 Å². The number of ether oxygens (including phenoxy) is 1. The maximum absolute atomic E-state index is 12.0. The lowest BCUT2D eigenvalue weighted by Gasteiger charge is -2.14. The number of nitrogens with zero attached hydrogens (tertiary/aromatic N) is 1. The van der Waals surface area contributed by atoms with Crippen LogP contribution in [0.3, 0.4) is 0 Å². The second-order valence-electron chi connectivity index (χ2n) is 6.18. The Hall–Kier alpha value is -3.02. The first kappa shape index (κ1) is 20.3. The number of guanidine groups is 1. The first-order chi connectivity index (χ1) is 13.1. The fourth-order valence-corrected chi connectivity index (χ4v) is 2.61. The number of nitrogens with one attached hydrogen (secondary N) is 3. The molecule has 0 heterocycles. The van der Waals surface area contributed by atoms with Gasteiger partial charge in [-0.25, -0.2) is 0 Å². The smallest absolute Gasteiger partial charge is 0.239 e. The molecule has 6 heteroatoms. The molecule has 2 aromatic carbocycles. The SMILES string of the molecule is CN=C(NCC(=O)NCCc1ccccc1)NCc1ccc(C)cc1OC. The van der Waals surface area contributed by atoms with Gasteiger partial charge < -0.3 is 20.7 Å². The van der Waals surface area contributed by atoms with Crippen LogP contribution in [0.2, 0.25) is 0 Å². The van der Waals surface area contributed by atoms with Gasteiger partial charge in [0.25, 0.3) is 0 Å². The van der Waals surface area contributed by atoms with E-state index in [2.05, 4.69) is 33.1 Å². The average Bonchev–Trinajstić information content (AvgIpc) is 2.69. The fraction of sp³-hybridized carbons (Fsp3) is 0.333. The highest BCUT2D eigenvalue weighted by molar-refractivity contribution is 5.86. The van der Waals surface area contributed by atoms with E-state index in [0.29, 0.717) is 19.0 Å². The third-order valence-electron chi connectivity index (χ3n) is 4.11. The van der Waals surface area contributed by atoms with Gasteiger partial charge in [0.1, 0.15) is 5.75 Å². The van der Waals surface area contributed by atoms with E-state index >= 15 is 0 Å². The number of carbonyl (C=O) groups excluding carboxylic acids is 1. The van der Waals surface area contributed by atoms with Crippen LogP contribution in [-0.4, -0.2) is 39.1 Å². The molecular formula is C21H28N4O2. The Morgan fingerprint density at radius 2 is 1.85 bits per heavy atom. The van der Waals surface area contributed by atoms with Crippen LogP contribution in [0.4, 0.5) is 0 Å². The molecule has 2 aromatic rings. The molecule has 3 N–H and O–H groups in total. The van der Waals surface area contributed by atoms with Gasteiger partial charge in [0, 0.05) is 25.7 Å². The standard InChI is InChI=1S/C21H28N4O2/c1-16-9-10-18(19(13-16)27-3)14-24-21(22-2)25-15-20(26)23-12-11-17-7-5-4-6-8-17/h4-10,13H,11-12,14-15H2,1-3H3,(H,23,26)(H2,22,24,25). The molecule has 0 aliphatic heterocycles. The molecule has 144 valence electrons. The normalized spacial score (nSPS) is 11.0. The zero-order chi connectivity index (χ0) is 19.5. The van der Waals surface area contributed by atoms with E-state index < -0.39 is 0 Å². The van der Waals surface area contributed by atoms with Crippen molar-refractivity contribution in [3.05, 3.63) is 65.2 Å². The lowest BCUT2D eigenvalue weighted by molar-refractivity contribution is -0.119.